The van der Waals surface area contributed by atoms with Crippen LogP contribution in [0.4, 0.5) is 15.4 Å². The molecule has 0 spiro atoms. The minimum absolute atomic E-state index is 0.00568. The maximum atomic E-state index is 14.1. The zero-order chi connectivity index (χ0) is 45.1. The number of hydrogen-bond acceptors (Lipinski definition) is 17. The number of ether oxygens (including phenoxy) is 7. The minimum atomic E-state index is -1.90. The summed E-state index contributed by atoms with van der Waals surface area (Å²) in [5.41, 5.74) is -3.16. The highest BCUT2D eigenvalue weighted by atomic mass is 35.5. The van der Waals surface area contributed by atoms with Gasteiger partial charge < -0.3 is 33.2 Å². The van der Waals surface area contributed by atoms with E-state index in [2.05, 4.69) is 25.9 Å². The van der Waals surface area contributed by atoms with Gasteiger partial charge in [-0.3, -0.25) is 9.36 Å². The lowest BCUT2D eigenvalue weighted by molar-refractivity contribution is -0.182. The van der Waals surface area contributed by atoms with E-state index in [1.807, 2.05) is 0 Å². The van der Waals surface area contributed by atoms with Crippen LogP contribution in [0.25, 0.3) is 11.2 Å². The Balaban J connectivity index is 1.61. The Morgan fingerprint density at radius 1 is 1.05 bits per heavy atom. The summed E-state index contributed by atoms with van der Waals surface area (Å²) >= 11 is 7.69. The zero-order valence-corrected chi connectivity index (χ0v) is 36.9. The molecular formula is C41H47ClN6O12S. The van der Waals surface area contributed by atoms with Gasteiger partial charge in [-0.1, -0.05) is 18.1 Å². The number of imide groups is 1. The molecule has 326 valence electrons. The van der Waals surface area contributed by atoms with Crippen molar-refractivity contribution in [3.63, 3.8) is 0 Å². The Morgan fingerprint density at radius 3 is 2.28 bits per heavy atom. The first-order chi connectivity index (χ1) is 28.6. The molecule has 5 rings (SSSR count). The van der Waals surface area contributed by atoms with E-state index in [0.717, 1.165) is 0 Å². The molecule has 4 heterocycles. The number of terminal acetylenes is 1. The molecule has 61 heavy (non-hydrogen) atoms. The summed E-state index contributed by atoms with van der Waals surface area (Å²) in [4.78, 5) is 84.6. The van der Waals surface area contributed by atoms with Gasteiger partial charge in [0.25, 0.3) is 0 Å². The molecule has 5 atom stereocenters. The summed E-state index contributed by atoms with van der Waals surface area (Å²) in [5.74, 6) is 0.258. The number of hydrogen-bond donors (Lipinski definition) is 0. The molecule has 20 heteroatoms. The number of fused-ring (bicyclic) bond motifs is 1. The fraction of sp³-hybridized carbons (Fsp3) is 0.488. The van der Waals surface area contributed by atoms with E-state index in [0.29, 0.717) is 10.5 Å². The number of thiazole rings is 1. The quantitative estimate of drug-likeness (QED) is 0.0636. The molecule has 1 unspecified atom stereocenters. The van der Waals surface area contributed by atoms with Crippen LogP contribution in [-0.2, 0) is 54.8 Å². The second-order valence-corrected chi connectivity index (χ2v) is 17.1. The van der Waals surface area contributed by atoms with Crippen molar-refractivity contribution >= 4 is 70.0 Å². The summed E-state index contributed by atoms with van der Waals surface area (Å²) in [7, 11) is 1.26. The molecule has 18 nitrogen and oxygen atoms in total. The molecule has 1 saturated heterocycles. The largest absolute Gasteiger partial charge is 0.465 e. The van der Waals surface area contributed by atoms with Crippen molar-refractivity contribution < 1.29 is 57.1 Å². The number of nitrogens with zero attached hydrogens (tertiary/aromatic N) is 6. The number of benzene rings is 1. The Kier molecular flexibility index (Phi) is 13.8. The number of methoxy groups -OCH3 is 1. The van der Waals surface area contributed by atoms with E-state index < -0.39 is 82.6 Å². The van der Waals surface area contributed by atoms with Crippen LogP contribution in [0, 0.1) is 17.8 Å². The lowest BCUT2D eigenvalue weighted by Crippen LogP contribution is -2.47. The van der Waals surface area contributed by atoms with Crippen LogP contribution < -0.4 is 4.90 Å². The molecule has 2 amide bonds. The van der Waals surface area contributed by atoms with Gasteiger partial charge in [-0.15, -0.1) is 17.8 Å². The first-order valence-electron chi connectivity index (χ1n) is 18.9. The number of anilines is 1. The lowest BCUT2D eigenvalue weighted by Gasteiger charge is -2.34. The average molecular weight is 883 g/mol. The van der Waals surface area contributed by atoms with Crippen LogP contribution in [0.1, 0.15) is 90.2 Å². The van der Waals surface area contributed by atoms with E-state index in [1.54, 1.807) is 85.0 Å². The summed E-state index contributed by atoms with van der Waals surface area (Å²) in [5, 5.41) is 1.22. The van der Waals surface area contributed by atoms with Crippen LogP contribution in [-0.4, -0.2) is 98.3 Å². The Labute approximate surface area is 361 Å². The molecule has 1 aromatic carbocycles. The predicted molar refractivity (Wildman–Crippen MR) is 220 cm³/mol. The van der Waals surface area contributed by atoms with Gasteiger partial charge in [0.15, 0.2) is 29.3 Å². The van der Waals surface area contributed by atoms with Crippen LogP contribution in [0.5, 0.6) is 0 Å². The van der Waals surface area contributed by atoms with Crippen molar-refractivity contribution in [2.24, 2.45) is 5.41 Å². The third kappa shape index (κ3) is 10.1. The van der Waals surface area contributed by atoms with Gasteiger partial charge in [0.2, 0.25) is 10.9 Å². The van der Waals surface area contributed by atoms with Gasteiger partial charge in [0, 0.05) is 18.7 Å². The summed E-state index contributed by atoms with van der Waals surface area (Å²) in [6.07, 6.45) is 1.37. The monoisotopic (exact) mass is 882 g/mol. The summed E-state index contributed by atoms with van der Waals surface area (Å²) < 4.78 is 42.0. The highest BCUT2D eigenvalue weighted by Crippen LogP contribution is 2.47. The number of esters is 3. The Bertz CT molecular complexity index is 2310. The molecule has 1 aliphatic heterocycles. The van der Waals surface area contributed by atoms with Gasteiger partial charge in [0.1, 0.15) is 17.3 Å². The number of amides is 2. The molecular weight excluding hydrogens is 836 g/mol. The smallest absolute Gasteiger partial charge is 0.425 e. The van der Waals surface area contributed by atoms with Crippen molar-refractivity contribution in [3.05, 3.63) is 63.6 Å². The van der Waals surface area contributed by atoms with E-state index in [9.17, 15) is 24.0 Å². The summed E-state index contributed by atoms with van der Waals surface area (Å²) in [6, 6.07) is 6.48. The molecule has 4 aromatic rings. The molecule has 0 aliphatic carbocycles. The molecule has 0 N–H and O–H groups in total. The van der Waals surface area contributed by atoms with E-state index in [4.69, 9.17) is 51.2 Å². The molecule has 0 bridgehead atoms. The second-order valence-electron chi connectivity index (χ2n) is 16.0. The molecule has 1 fully saturated rings. The molecule has 1 aliphatic rings. The fourth-order valence-electron chi connectivity index (χ4n) is 6.44. The van der Waals surface area contributed by atoms with Crippen molar-refractivity contribution in [1.29, 1.82) is 0 Å². The third-order valence-corrected chi connectivity index (χ3v) is 9.93. The highest BCUT2D eigenvalue weighted by Gasteiger charge is 2.58. The minimum Gasteiger partial charge on any atom is -0.465 e. The van der Waals surface area contributed by atoms with Crippen molar-refractivity contribution in [1.82, 2.24) is 24.5 Å². The van der Waals surface area contributed by atoms with E-state index in [-0.39, 0.29) is 41.3 Å². The summed E-state index contributed by atoms with van der Waals surface area (Å²) in [6.45, 7) is 13.7. The SMILES string of the molecule is C#C[C@@]1(C)[C@@H](COC(Cc2cccc(C(=O)OC)c2)(C(=O)OCC)c2cscn2)O[C@@H](n2cnc3c(N(C(=O)OC(C)(C)C)C(=O)OC(C)(C)C)nc(Cl)nc32)[C@@H]1OC(C)=O. The normalized spacial score (nSPS) is 19.9. The predicted octanol–water partition coefficient (Wildman–Crippen LogP) is 6.59. The first kappa shape index (κ1) is 46.4. The number of imidazole rings is 1. The average Bonchev–Trinajstić information content (AvgIpc) is 3.91. The molecule has 3 aromatic heterocycles. The van der Waals surface area contributed by atoms with E-state index in [1.165, 1.54) is 41.8 Å². The van der Waals surface area contributed by atoms with Crippen LogP contribution >= 0.6 is 22.9 Å². The van der Waals surface area contributed by atoms with Gasteiger partial charge in [0.05, 0.1) is 48.8 Å². The van der Waals surface area contributed by atoms with Crippen molar-refractivity contribution in [3.8, 4) is 12.3 Å². The standard InChI is InChI=1S/C41H47ClN6O12S/c1-12-40(10)27(19-56-41(34(51)55-13-2,26-20-61-22-44-26)18-24-15-14-16-25(17-24)33(50)54-11)58-32(29(40)57-23(3)49)47-21-43-28-30(47)45-35(42)46-31(28)48(36(52)59-38(4,5)6)37(53)60-39(7,8)9/h1,14-17,20-22,27,29,32H,13,18-19H2,2-11H3/t27-,29+,32-,40+,41?/m1/s1. The number of halogens is 1. The third-order valence-electron chi connectivity index (χ3n) is 9.17. The maximum absolute atomic E-state index is 14.1. The number of carbonyl (C=O) groups excluding carboxylic acids is 5. The second kappa shape index (κ2) is 18.1. The first-order valence-corrected chi connectivity index (χ1v) is 20.2. The van der Waals surface area contributed by atoms with Gasteiger partial charge in [-0.25, -0.2) is 29.1 Å². The van der Waals surface area contributed by atoms with Crippen molar-refractivity contribution in [2.75, 3.05) is 25.2 Å². The number of carbonyl (C=O) groups is 5. The Hall–Kier alpha value is -5.68. The van der Waals surface area contributed by atoms with Gasteiger partial charge >= 0.3 is 30.1 Å². The van der Waals surface area contributed by atoms with Gasteiger partial charge in [-0.2, -0.15) is 14.9 Å². The zero-order valence-electron chi connectivity index (χ0n) is 35.3. The van der Waals surface area contributed by atoms with Crippen molar-refractivity contribution in [2.45, 2.75) is 104 Å². The molecule has 0 saturated carbocycles. The van der Waals surface area contributed by atoms with Gasteiger partial charge in [-0.05, 0) is 84.7 Å². The maximum Gasteiger partial charge on any atom is 0.425 e. The lowest BCUT2D eigenvalue weighted by atomic mass is 9.81. The number of rotatable bonds is 12. The van der Waals surface area contributed by atoms with Crippen LogP contribution in [0.3, 0.4) is 0 Å². The topological polar surface area (TPSA) is 210 Å². The Morgan fingerprint density at radius 2 is 1.72 bits per heavy atom. The number of aromatic nitrogens is 5. The fourth-order valence-corrected chi connectivity index (χ4v) is 7.22. The highest BCUT2D eigenvalue weighted by molar-refractivity contribution is 7.07. The van der Waals surface area contributed by atoms with Crippen LogP contribution in [0.2, 0.25) is 5.28 Å². The molecule has 0 radical (unpaired) electrons. The van der Waals surface area contributed by atoms with E-state index >= 15 is 0 Å². The van der Waals surface area contributed by atoms with Crippen LogP contribution in [0.15, 0.2) is 41.5 Å².